The Kier molecular flexibility index (Phi) is 3.41. The first kappa shape index (κ1) is 11.4. The van der Waals surface area contributed by atoms with E-state index >= 15 is 0 Å². The fourth-order valence-corrected chi connectivity index (χ4v) is 2.19. The Hall–Kier alpha value is -1.13. The van der Waals surface area contributed by atoms with Gasteiger partial charge in [0, 0.05) is 16.1 Å². The number of nitrogens with zero attached hydrogens (tertiary/aromatic N) is 1. The van der Waals surface area contributed by atoms with E-state index in [-0.39, 0.29) is 6.04 Å². The van der Waals surface area contributed by atoms with Crippen LogP contribution in [0.2, 0.25) is 0 Å². The van der Waals surface area contributed by atoms with Crippen LogP contribution in [0.1, 0.15) is 12.5 Å². The highest BCUT2D eigenvalue weighted by atomic mass is 79.9. The molecule has 1 atom stereocenters. The molecular weight excluding hydrogens is 266 g/mol. The molecule has 0 spiro atoms. The van der Waals surface area contributed by atoms with Crippen LogP contribution in [-0.2, 0) is 6.42 Å². The largest absolute Gasteiger partial charge is 0.328 e. The van der Waals surface area contributed by atoms with Crippen molar-refractivity contribution in [3.8, 4) is 11.3 Å². The highest BCUT2D eigenvalue weighted by Gasteiger charge is 2.11. The Balaban J connectivity index is 2.41. The number of benzene rings is 1. The lowest BCUT2D eigenvalue weighted by Crippen LogP contribution is -2.17. The third-order valence-corrected chi connectivity index (χ3v) is 3.09. The molecule has 2 aromatic rings. The fourth-order valence-electron chi connectivity index (χ4n) is 1.71. The summed E-state index contributed by atoms with van der Waals surface area (Å²) in [4.78, 5) is 0. The van der Waals surface area contributed by atoms with Crippen LogP contribution in [-0.4, -0.2) is 16.2 Å². The molecule has 0 amide bonds. The van der Waals surface area contributed by atoms with Gasteiger partial charge in [-0.3, -0.25) is 5.10 Å². The maximum absolute atomic E-state index is 5.82. The maximum atomic E-state index is 5.82. The molecule has 16 heavy (non-hydrogen) atoms. The van der Waals surface area contributed by atoms with Gasteiger partial charge in [0.1, 0.15) is 0 Å². The molecule has 3 N–H and O–H groups in total. The molecule has 4 heteroatoms. The first-order chi connectivity index (χ1) is 7.68. The third kappa shape index (κ3) is 2.33. The summed E-state index contributed by atoms with van der Waals surface area (Å²) in [6.45, 7) is 2.00. The first-order valence-corrected chi connectivity index (χ1v) is 6.00. The van der Waals surface area contributed by atoms with Crippen LogP contribution in [0.3, 0.4) is 0 Å². The van der Waals surface area contributed by atoms with E-state index in [0.717, 1.165) is 27.7 Å². The van der Waals surface area contributed by atoms with Crippen molar-refractivity contribution in [2.75, 3.05) is 0 Å². The first-order valence-electron chi connectivity index (χ1n) is 5.21. The molecule has 0 aliphatic carbocycles. The summed E-state index contributed by atoms with van der Waals surface area (Å²) in [5, 5.41) is 7.12. The molecule has 1 aromatic heterocycles. The zero-order chi connectivity index (χ0) is 11.5. The predicted molar refractivity (Wildman–Crippen MR) is 69.1 cm³/mol. The van der Waals surface area contributed by atoms with Crippen molar-refractivity contribution >= 4 is 15.9 Å². The molecule has 0 saturated heterocycles. The average molecular weight is 280 g/mol. The van der Waals surface area contributed by atoms with Crippen molar-refractivity contribution in [3.05, 3.63) is 40.5 Å². The molecular formula is C12H14BrN3. The van der Waals surface area contributed by atoms with E-state index in [1.165, 1.54) is 0 Å². The molecule has 0 aliphatic rings. The van der Waals surface area contributed by atoms with Crippen LogP contribution in [0.4, 0.5) is 0 Å². The van der Waals surface area contributed by atoms with Gasteiger partial charge in [0.15, 0.2) is 0 Å². The molecule has 0 radical (unpaired) electrons. The van der Waals surface area contributed by atoms with Gasteiger partial charge in [0.25, 0.3) is 0 Å². The number of aromatic amines is 1. The summed E-state index contributed by atoms with van der Waals surface area (Å²) >= 11 is 3.54. The monoisotopic (exact) mass is 279 g/mol. The van der Waals surface area contributed by atoms with Crippen LogP contribution in [0, 0.1) is 0 Å². The molecule has 0 fully saturated rings. The number of hydrogen-bond donors (Lipinski definition) is 2. The number of nitrogens with two attached hydrogens (primary N) is 1. The van der Waals surface area contributed by atoms with Crippen LogP contribution in [0.25, 0.3) is 11.3 Å². The van der Waals surface area contributed by atoms with E-state index in [4.69, 9.17) is 5.73 Å². The number of aromatic nitrogens is 2. The van der Waals surface area contributed by atoms with Crippen molar-refractivity contribution in [2.24, 2.45) is 5.73 Å². The number of rotatable bonds is 3. The Labute approximate surface area is 103 Å². The molecule has 84 valence electrons. The van der Waals surface area contributed by atoms with Gasteiger partial charge >= 0.3 is 0 Å². The third-order valence-electron chi connectivity index (χ3n) is 2.40. The van der Waals surface area contributed by atoms with Crippen LogP contribution in [0.5, 0.6) is 0 Å². The molecule has 1 heterocycles. The second kappa shape index (κ2) is 4.80. The lowest BCUT2D eigenvalue weighted by molar-refractivity contribution is 0.739. The van der Waals surface area contributed by atoms with Gasteiger partial charge in [-0.25, -0.2) is 0 Å². The van der Waals surface area contributed by atoms with Crippen molar-refractivity contribution in [3.63, 3.8) is 0 Å². The molecule has 0 saturated carbocycles. The van der Waals surface area contributed by atoms with E-state index in [0.29, 0.717) is 0 Å². The Morgan fingerprint density at radius 1 is 1.44 bits per heavy atom. The van der Waals surface area contributed by atoms with E-state index in [1.807, 2.05) is 31.3 Å². The van der Waals surface area contributed by atoms with Gasteiger partial charge in [0.2, 0.25) is 0 Å². The van der Waals surface area contributed by atoms with E-state index < -0.39 is 0 Å². The zero-order valence-corrected chi connectivity index (χ0v) is 10.7. The molecule has 2 rings (SSSR count). The van der Waals surface area contributed by atoms with Crippen molar-refractivity contribution in [1.29, 1.82) is 0 Å². The van der Waals surface area contributed by atoms with Gasteiger partial charge in [-0.05, 0) is 25.0 Å². The quantitative estimate of drug-likeness (QED) is 0.908. The van der Waals surface area contributed by atoms with Gasteiger partial charge in [-0.2, -0.15) is 5.10 Å². The predicted octanol–water partition coefficient (Wildman–Crippen LogP) is 2.73. The number of halogens is 1. The maximum Gasteiger partial charge on any atom is 0.0694 e. The van der Waals surface area contributed by atoms with Crippen molar-refractivity contribution in [1.82, 2.24) is 10.2 Å². The number of hydrogen-bond acceptors (Lipinski definition) is 2. The zero-order valence-electron chi connectivity index (χ0n) is 9.07. The Morgan fingerprint density at radius 2 is 2.19 bits per heavy atom. The standard InChI is InChI=1S/C12H14BrN3/c1-8(14)6-9-7-15-16-12(9)10-4-2-3-5-11(10)13/h2-5,7-8H,6,14H2,1H3,(H,15,16). The van der Waals surface area contributed by atoms with Gasteiger partial charge in [0.05, 0.1) is 11.9 Å². The lowest BCUT2D eigenvalue weighted by atomic mass is 10.0. The van der Waals surface area contributed by atoms with Crippen LogP contribution >= 0.6 is 15.9 Å². The smallest absolute Gasteiger partial charge is 0.0694 e. The summed E-state index contributed by atoms with van der Waals surface area (Å²) in [6.07, 6.45) is 2.67. The number of H-pyrrole nitrogens is 1. The van der Waals surface area contributed by atoms with Crippen molar-refractivity contribution in [2.45, 2.75) is 19.4 Å². The van der Waals surface area contributed by atoms with Gasteiger partial charge in [-0.1, -0.05) is 34.1 Å². The van der Waals surface area contributed by atoms with E-state index in [2.05, 4.69) is 32.2 Å². The average Bonchev–Trinajstić information content (AvgIpc) is 2.66. The minimum atomic E-state index is 0.138. The molecule has 1 aromatic carbocycles. The summed E-state index contributed by atoms with van der Waals surface area (Å²) in [6, 6.07) is 8.22. The van der Waals surface area contributed by atoms with E-state index in [9.17, 15) is 0 Å². The Morgan fingerprint density at radius 3 is 2.88 bits per heavy atom. The van der Waals surface area contributed by atoms with Crippen LogP contribution < -0.4 is 5.73 Å². The minimum absolute atomic E-state index is 0.138. The summed E-state index contributed by atoms with van der Waals surface area (Å²) < 4.78 is 1.06. The number of nitrogens with one attached hydrogen (secondary N) is 1. The van der Waals surface area contributed by atoms with Crippen LogP contribution in [0.15, 0.2) is 34.9 Å². The van der Waals surface area contributed by atoms with Gasteiger partial charge < -0.3 is 5.73 Å². The van der Waals surface area contributed by atoms with Gasteiger partial charge in [-0.15, -0.1) is 0 Å². The molecule has 1 unspecified atom stereocenters. The normalized spacial score (nSPS) is 12.7. The SMILES string of the molecule is CC(N)Cc1cn[nH]c1-c1ccccc1Br. The molecule has 3 nitrogen and oxygen atoms in total. The van der Waals surface area contributed by atoms with Crippen molar-refractivity contribution < 1.29 is 0 Å². The highest BCUT2D eigenvalue weighted by Crippen LogP contribution is 2.29. The lowest BCUT2D eigenvalue weighted by Gasteiger charge is -2.07. The summed E-state index contributed by atoms with van der Waals surface area (Å²) in [5.41, 5.74) is 9.14. The van der Waals surface area contributed by atoms with E-state index in [1.54, 1.807) is 0 Å². The topological polar surface area (TPSA) is 54.7 Å². The summed E-state index contributed by atoms with van der Waals surface area (Å²) in [7, 11) is 0. The minimum Gasteiger partial charge on any atom is -0.328 e. The highest BCUT2D eigenvalue weighted by molar-refractivity contribution is 9.10. The molecule has 0 aliphatic heterocycles. The summed E-state index contributed by atoms with van der Waals surface area (Å²) in [5.74, 6) is 0. The molecule has 0 bridgehead atoms. The fraction of sp³-hybridized carbons (Fsp3) is 0.250. The second-order valence-corrected chi connectivity index (χ2v) is 4.79. The second-order valence-electron chi connectivity index (χ2n) is 3.93. The Bertz CT molecular complexity index is 477.